The highest BCUT2D eigenvalue weighted by Crippen LogP contribution is 2.34. The van der Waals surface area contributed by atoms with Gasteiger partial charge >= 0.3 is 5.97 Å². The predicted octanol–water partition coefficient (Wildman–Crippen LogP) is 3.72. The molecule has 2 N–H and O–H groups in total. The van der Waals surface area contributed by atoms with Gasteiger partial charge in [0.15, 0.2) is 18.1 Å². The van der Waals surface area contributed by atoms with E-state index in [1.165, 1.54) is 62.0 Å². The molecule has 2 amide bonds. The average Bonchev–Trinajstić information content (AvgIpc) is 3.38. The van der Waals surface area contributed by atoms with Gasteiger partial charge in [-0.3, -0.25) is 19.7 Å². The van der Waals surface area contributed by atoms with E-state index >= 15 is 0 Å². The molecule has 1 aromatic heterocycles. The van der Waals surface area contributed by atoms with Crippen LogP contribution in [-0.2, 0) is 9.53 Å². The van der Waals surface area contributed by atoms with Crippen LogP contribution < -0.4 is 20.1 Å². The lowest BCUT2D eigenvalue weighted by Gasteiger charge is -2.15. The third kappa shape index (κ3) is 5.86. The number of thiophene rings is 1. The molecule has 3 rings (SSSR count). The summed E-state index contributed by atoms with van der Waals surface area (Å²) < 4.78 is 15.6. The predicted molar refractivity (Wildman–Crippen MR) is 124 cm³/mol. The number of nitrogens with zero attached hydrogens (tertiary/aromatic N) is 1. The summed E-state index contributed by atoms with van der Waals surface area (Å²) in [5, 5.41) is 17.6. The average molecular weight is 485 g/mol. The van der Waals surface area contributed by atoms with Crippen molar-refractivity contribution in [3.63, 3.8) is 0 Å². The number of nitro benzene ring substituents is 1. The molecule has 3 aromatic rings. The molecule has 0 fully saturated rings. The number of benzene rings is 2. The first-order valence-corrected chi connectivity index (χ1v) is 10.5. The van der Waals surface area contributed by atoms with Gasteiger partial charge in [0.2, 0.25) is 0 Å². The lowest BCUT2D eigenvalue weighted by molar-refractivity contribution is -0.384. The Hall–Kier alpha value is -4.45. The van der Waals surface area contributed by atoms with E-state index in [0.29, 0.717) is 10.6 Å². The quantitative estimate of drug-likeness (QED) is 0.265. The first kappa shape index (κ1) is 24.2. The van der Waals surface area contributed by atoms with Gasteiger partial charge in [0.1, 0.15) is 0 Å². The van der Waals surface area contributed by atoms with Crippen LogP contribution in [0.5, 0.6) is 11.5 Å². The summed E-state index contributed by atoms with van der Waals surface area (Å²) >= 11 is 1.23. The molecular weight excluding hydrogens is 466 g/mol. The van der Waals surface area contributed by atoms with Crippen LogP contribution in [0, 0.1) is 10.1 Å². The maximum atomic E-state index is 12.8. The molecule has 0 unspecified atom stereocenters. The van der Waals surface area contributed by atoms with E-state index in [-0.39, 0.29) is 28.4 Å². The molecule has 34 heavy (non-hydrogen) atoms. The van der Waals surface area contributed by atoms with Crippen molar-refractivity contribution in [1.29, 1.82) is 0 Å². The second kappa shape index (κ2) is 10.9. The molecular formula is C22H19N3O8S. The lowest BCUT2D eigenvalue weighted by Crippen LogP contribution is -2.22. The number of non-ortho nitro benzene ring substituents is 1. The summed E-state index contributed by atoms with van der Waals surface area (Å²) in [6.07, 6.45) is 0. The second-order valence-electron chi connectivity index (χ2n) is 6.61. The molecule has 176 valence electrons. The van der Waals surface area contributed by atoms with E-state index in [1.54, 1.807) is 17.5 Å². The number of carbonyl (C=O) groups is 3. The van der Waals surface area contributed by atoms with Crippen molar-refractivity contribution in [3.05, 3.63) is 74.5 Å². The zero-order valence-corrected chi connectivity index (χ0v) is 18.8. The number of ether oxygens (including phenoxy) is 3. The van der Waals surface area contributed by atoms with Gasteiger partial charge in [-0.2, -0.15) is 0 Å². The molecule has 0 atom stereocenters. The van der Waals surface area contributed by atoms with Crippen molar-refractivity contribution in [2.24, 2.45) is 0 Å². The first-order valence-electron chi connectivity index (χ1n) is 9.64. The molecule has 0 aliphatic heterocycles. The molecule has 1 heterocycles. The van der Waals surface area contributed by atoms with Crippen LogP contribution in [0.25, 0.3) is 0 Å². The number of amides is 2. The number of esters is 1. The van der Waals surface area contributed by atoms with E-state index in [2.05, 4.69) is 10.6 Å². The first-order chi connectivity index (χ1) is 16.3. The Morgan fingerprint density at radius 1 is 1.00 bits per heavy atom. The Kier molecular flexibility index (Phi) is 7.77. The smallest absolute Gasteiger partial charge is 0.340 e. The minimum absolute atomic E-state index is 0.0503. The fourth-order valence-electron chi connectivity index (χ4n) is 2.82. The van der Waals surface area contributed by atoms with Gasteiger partial charge in [-0.15, -0.1) is 11.3 Å². The lowest BCUT2D eigenvalue weighted by atomic mass is 10.1. The van der Waals surface area contributed by atoms with E-state index < -0.39 is 29.3 Å². The Morgan fingerprint density at radius 3 is 2.26 bits per heavy atom. The zero-order valence-electron chi connectivity index (χ0n) is 18.0. The van der Waals surface area contributed by atoms with Gasteiger partial charge in [-0.25, -0.2) is 4.79 Å². The molecule has 0 aliphatic carbocycles. The highest BCUT2D eigenvalue weighted by Gasteiger charge is 2.21. The van der Waals surface area contributed by atoms with Crippen molar-refractivity contribution in [3.8, 4) is 11.5 Å². The SMILES string of the molecule is COc1cc(NC(=O)c2cccs2)c(C(=O)OCC(=O)Nc2ccc([N+](=O)[O-])cc2)cc1OC. The van der Waals surface area contributed by atoms with E-state index in [9.17, 15) is 24.5 Å². The standard InChI is InChI=1S/C22H19N3O8S/c1-31-17-10-15(16(11-18(17)32-2)24-21(27)19-4-3-9-34-19)22(28)33-12-20(26)23-13-5-7-14(8-6-13)25(29)30/h3-11H,12H2,1-2H3,(H,23,26)(H,24,27). The summed E-state index contributed by atoms with van der Waals surface area (Å²) in [6.45, 7) is -0.636. The number of hydrogen-bond donors (Lipinski definition) is 2. The van der Waals surface area contributed by atoms with Gasteiger partial charge in [0.25, 0.3) is 17.5 Å². The van der Waals surface area contributed by atoms with Crippen molar-refractivity contribution >= 4 is 46.2 Å². The highest BCUT2D eigenvalue weighted by atomic mass is 32.1. The maximum Gasteiger partial charge on any atom is 0.340 e. The number of hydrogen-bond acceptors (Lipinski definition) is 9. The van der Waals surface area contributed by atoms with Crippen LogP contribution in [0.15, 0.2) is 53.9 Å². The molecule has 0 aliphatic rings. The molecule has 0 saturated carbocycles. The molecule has 0 spiro atoms. The third-order valence-electron chi connectivity index (χ3n) is 4.43. The van der Waals surface area contributed by atoms with Crippen molar-refractivity contribution in [1.82, 2.24) is 0 Å². The molecule has 0 radical (unpaired) electrons. The number of carbonyl (C=O) groups excluding carboxylic acids is 3. The normalized spacial score (nSPS) is 10.2. The Labute approximate surface area is 197 Å². The van der Waals surface area contributed by atoms with E-state index in [1.807, 2.05) is 0 Å². The summed E-state index contributed by atoms with van der Waals surface area (Å²) in [5.41, 5.74) is 0.221. The van der Waals surface area contributed by atoms with E-state index in [4.69, 9.17) is 14.2 Å². The fraction of sp³-hybridized carbons (Fsp3) is 0.136. The van der Waals surface area contributed by atoms with Crippen LogP contribution in [0.4, 0.5) is 17.1 Å². The zero-order chi connectivity index (χ0) is 24.7. The van der Waals surface area contributed by atoms with Crippen LogP contribution in [0.2, 0.25) is 0 Å². The summed E-state index contributed by atoms with van der Waals surface area (Å²) in [4.78, 5) is 48.0. The monoisotopic (exact) mass is 485 g/mol. The van der Waals surface area contributed by atoms with E-state index in [0.717, 1.165) is 0 Å². The maximum absolute atomic E-state index is 12.8. The molecule has 0 saturated heterocycles. The molecule has 2 aromatic carbocycles. The van der Waals surface area contributed by atoms with Gasteiger partial charge < -0.3 is 24.8 Å². The highest BCUT2D eigenvalue weighted by molar-refractivity contribution is 7.12. The number of nitrogens with one attached hydrogen (secondary N) is 2. The van der Waals surface area contributed by atoms with Crippen molar-refractivity contribution < 1.29 is 33.5 Å². The van der Waals surface area contributed by atoms with Crippen molar-refractivity contribution in [2.75, 3.05) is 31.5 Å². The molecule has 0 bridgehead atoms. The Bertz CT molecular complexity index is 1210. The Morgan fingerprint density at radius 2 is 1.68 bits per heavy atom. The largest absolute Gasteiger partial charge is 0.493 e. The van der Waals surface area contributed by atoms with Crippen LogP contribution in [0.3, 0.4) is 0 Å². The minimum Gasteiger partial charge on any atom is -0.493 e. The molecule has 11 nitrogen and oxygen atoms in total. The van der Waals surface area contributed by atoms with Crippen LogP contribution >= 0.6 is 11.3 Å². The van der Waals surface area contributed by atoms with Crippen LogP contribution in [0.1, 0.15) is 20.0 Å². The van der Waals surface area contributed by atoms with Gasteiger partial charge in [0, 0.05) is 30.0 Å². The Balaban J connectivity index is 1.73. The number of rotatable bonds is 9. The summed E-state index contributed by atoms with van der Waals surface area (Å²) in [6, 6.07) is 11.3. The van der Waals surface area contributed by atoms with Crippen molar-refractivity contribution in [2.45, 2.75) is 0 Å². The fourth-order valence-corrected chi connectivity index (χ4v) is 3.43. The van der Waals surface area contributed by atoms with Gasteiger partial charge in [0.05, 0.1) is 35.3 Å². The molecule has 12 heteroatoms. The van der Waals surface area contributed by atoms with Gasteiger partial charge in [-0.05, 0) is 23.6 Å². The van der Waals surface area contributed by atoms with Gasteiger partial charge in [-0.1, -0.05) is 6.07 Å². The number of methoxy groups -OCH3 is 2. The second-order valence-corrected chi connectivity index (χ2v) is 7.56. The topological polar surface area (TPSA) is 146 Å². The minimum atomic E-state index is -0.888. The van der Waals surface area contributed by atoms with Crippen LogP contribution in [-0.4, -0.2) is 43.5 Å². The summed E-state index contributed by atoms with van der Waals surface area (Å²) in [7, 11) is 2.79. The number of anilines is 2. The third-order valence-corrected chi connectivity index (χ3v) is 5.30. The summed E-state index contributed by atoms with van der Waals surface area (Å²) in [5.74, 6) is -1.49. The number of nitro groups is 1.